The van der Waals surface area contributed by atoms with Crippen LogP contribution in [0.4, 0.5) is 8.78 Å². The monoisotopic (exact) mass is 314 g/mol. The summed E-state index contributed by atoms with van der Waals surface area (Å²) in [6.07, 6.45) is 1.56. The topological polar surface area (TPSA) is 73.9 Å². The number of benzene rings is 1. The molecule has 0 unspecified atom stereocenters. The van der Waals surface area contributed by atoms with Gasteiger partial charge in [0, 0.05) is 0 Å². The van der Waals surface area contributed by atoms with Gasteiger partial charge in [-0.2, -0.15) is 13.8 Å². The molecule has 21 heavy (non-hydrogen) atoms. The molecule has 0 fully saturated rings. The molecule has 0 aliphatic carbocycles. The quantitative estimate of drug-likeness (QED) is 0.846. The Bertz CT molecular complexity index is 617. The molecule has 1 aromatic carbocycles. The van der Waals surface area contributed by atoms with Gasteiger partial charge in [0.25, 0.3) is 5.91 Å². The predicted molar refractivity (Wildman–Crippen MR) is 76.4 cm³/mol. The fourth-order valence-corrected chi connectivity index (χ4v) is 2.33. The lowest BCUT2D eigenvalue weighted by Gasteiger charge is -2.11. The third-order valence-electron chi connectivity index (χ3n) is 2.42. The number of nitrogens with zero attached hydrogens (tertiary/aromatic N) is 1. The number of ether oxygens (including phenoxy) is 2. The lowest BCUT2D eigenvalue weighted by atomic mass is 10.2. The van der Waals surface area contributed by atoms with Crippen molar-refractivity contribution in [3.8, 4) is 11.5 Å². The van der Waals surface area contributed by atoms with Crippen LogP contribution in [0.1, 0.15) is 12.5 Å². The van der Waals surface area contributed by atoms with Crippen molar-refractivity contribution in [2.24, 2.45) is 10.7 Å². The zero-order valence-corrected chi connectivity index (χ0v) is 11.8. The van der Waals surface area contributed by atoms with Crippen molar-refractivity contribution < 1.29 is 23.0 Å². The van der Waals surface area contributed by atoms with E-state index in [1.807, 2.05) is 0 Å². The molecule has 1 amide bonds. The number of carbonyl (C=O) groups excluding carboxylic acids is 1. The van der Waals surface area contributed by atoms with Crippen LogP contribution in [0.25, 0.3) is 6.08 Å². The van der Waals surface area contributed by atoms with Gasteiger partial charge in [0.2, 0.25) is 0 Å². The second-order valence-corrected chi connectivity index (χ2v) is 4.95. The lowest BCUT2D eigenvalue weighted by Crippen LogP contribution is -2.04. The molecule has 8 heteroatoms. The van der Waals surface area contributed by atoms with E-state index in [1.165, 1.54) is 18.2 Å². The van der Waals surface area contributed by atoms with Crippen molar-refractivity contribution in [3.05, 3.63) is 28.7 Å². The molecule has 5 nitrogen and oxygen atoms in total. The van der Waals surface area contributed by atoms with Gasteiger partial charge in [-0.25, -0.2) is 0 Å². The van der Waals surface area contributed by atoms with Gasteiger partial charge in [-0.3, -0.25) is 4.79 Å². The van der Waals surface area contributed by atoms with Gasteiger partial charge in [-0.05, 0) is 42.5 Å². The summed E-state index contributed by atoms with van der Waals surface area (Å²) in [5.74, 6) is -0.310. The molecule has 112 valence electrons. The van der Waals surface area contributed by atoms with Crippen LogP contribution in [-0.4, -0.2) is 24.3 Å². The van der Waals surface area contributed by atoms with E-state index in [0.29, 0.717) is 17.1 Å². The van der Waals surface area contributed by atoms with Crippen LogP contribution in [-0.2, 0) is 4.79 Å². The molecule has 1 aromatic rings. The van der Waals surface area contributed by atoms with Crippen LogP contribution in [0.15, 0.2) is 28.1 Å². The van der Waals surface area contributed by atoms with Gasteiger partial charge in [0.1, 0.15) is 0 Å². The van der Waals surface area contributed by atoms with E-state index >= 15 is 0 Å². The van der Waals surface area contributed by atoms with Crippen molar-refractivity contribution in [3.63, 3.8) is 0 Å². The van der Waals surface area contributed by atoms with Gasteiger partial charge in [0.05, 0.1) is 11.5 Å². The minimum atomic E-state index is -2.94. The highest BCUT2D eigenvalue weighted by Gasteiger charge is 2.20. The number of nitrogens with two attached hydrogens (primary N) is 1. The van der Waals surface area contributed by atoms with Crippen LogP contribution in [0.3, 0.4) is 0 Å². The molecule has 0 spiro atoms. The maximum atomic E-state index is 12.3. The van der Waals surface area contributed by atoms with E-state index in [1.54, 1.807) is 13.0 Å². The zero-order valence-electron chi connectivity index (χ0n) is 11.0. The van der Waals surface area contributed by atoms with Gasteiger partial charge >= 0.3 is 6.61 Å². The van der Waals surface area contributed by atoms with E-state index in [0.717, 1.165) is 11.8 Å². The van der Waals surface area contributed by atoms with Gasteiger partial charge in [-0.1, -0.05) is 6.07 Å². The van der Waals surface area contributed by atoms with Crippen LogP contribution in [0.5, 0.6) is 11.5 Å². The highest BCUT2D eigenvalue weighted by Crippen LogP contribution is 2.32. The van der Waals surface area contributed by atoms with Crippen molar-refractivity contribution in [2.45, 2.75) is 13.5 Å². The first-order valence-electron chi connectivity index (χ1n) is 5.99. The second kappa shape index (κ2) is 6.57. The van der Waals surface area contributed by atoms with Crippen molar-refractivity contribution >= 4 is 28.9 Å². The largest absolute Gasteiger partial charge is 0.490 e. The lowest BCUT2D eigenvalue weighted by molar-refractivity contribution is -0.113. The predicted octanol–water partition coefficient (Wildman–Crippen LogP) is 2.62. The molecular weight excluding hydrogens is 302 g/mol. The zero-order chi connectivity index (χ0) is 15.4. The minimum Gasteiger partial charge on any atom is -0.490 e. The summed E-state index contributed by atoms with van der Waals surface area (Å²) in [6, 6.07) is 4.41. The average Bonchev–Trinajstić information content (AvgIpc) is 2.71. The third-order valence-corrected chi connectivity index (χ3v) is 3.23. The Morgan fingerprint density at radius 3 is 2.76 bits per heavy atom. The van der Waals surface area contributed by atoms with Gasteiger partial charge < -0.3 is 15.2 Å². The number of hydrogen-bond donors (Lipinski definition) is 1. The Balaban J connectivity index is 2.28. The number of hydrogen-bond acceptors (Lipinski definition) is 5. The number of aliphatic imine (C=N–C) groups is 1. The van der Waals surface area contributed by atoms with E-state index in [4.69, 9.17) is 10.5 Å². The number of amidine groups is 1. The fourth-order valence-electron chi connectivity index (χ4n) is 1.65. The Kier molecular flexibility index (Phi) is 4.79. The molecule has 0 aromatic heterocycles. The molecule has 1 aliphatic heterocycles. The molecular formula is C13H12F2N2O3S. The second-order valence-electron chi connectivity index (χ2n) is 3.88. The summed E-state index contributed by atoms with van der Waals surface area (Å²) < 4.78 is 34.2. The molecule has 0 radical (unpaired) electrons. The van der Waals surface area contributed by atoms with Crippen LogP contribution in [0, 0.1) is 0 Å². The number of thioether (sulfide) groups is 1. The summed E-state index contributed by atoms with van der Waals surface area (Å²) in [5.41, 5.74) is 6.05. The molecule has 0 bridgehead atoms. The smallest absolute Gasteiger partial charge is 0.387 e. The van der Waals surface area contributed by atoms with Crippen LogP contribution >= 0.6 is 11.8 Å². The Hall–Kier alpha value is -2.09. The molecule has 0 saturated heterocycles. The van der Waals surface area contributed by atoms with Crippen molar-refractivity contribution in [1.82, 2.24) is 0 Å². The van der Waals surface area contributed by atoms with E-state index < -0.39 is 12.5 Å². The Morgan fingerprint density at radius 2 is 2.19 bits per heavy atom. The summed E-state index contributed by atoms with van der Waals surface area (Å²) in [5, 5.41) is 0.175. The van der Waals surface area contributed by atoms with Crippen molar-refractivity contribution in [1.29, 1.82) is 0 Å². The van der Waals surface area contributed by atoms with Crippen LogP contribution in [0.2, 0.25) is 0 Å². The molecule has 0 saturated carbocycles. The summed E-state index contributed by atoms with van der Waals surface area (Å²) in [7, 11) is 0. The SMILES string of the molecule is CCOc1cc(/C=C2\SC(N)=NC2=O)ccc1OC(F)F. The number of halogens is 2. The van der Waals surface area contributed by atoms with Crippen molar-refractivity contribution in [2.75, 3.05) is 6.61 Å². The fraction of sp³-hybridized carbons (Fsp3) is 0.231. The maximum Gasteiger partial charge on any atom is 0.387 e. The Labute approximate surface area is 123 Å². The number of amides is 1. The van der Waals surface area contributed by atoms with E-state index in [-0.39, 0.29) is 16.7 Å². The van der Waals surface area contributed by atoms with E-state index in [2.05, 4.69) is 9.73 Å². The number of carbonyl (C=O) groups is 1. The molecule has 1 aliphatic rings. The maximum absolute atomic E-state index is 12.3. The Morgan fingerprint density at radius 1 is 1.43 bits per heavy atom. The summed E-state index contributed by atoms with van der Waals surface area (Å²) >= 11 is 1.05. The first-order valence-corrected chi connectivity index (χ1v) is 6.81. The standard InChI is InChI=1S/C13H12F2N2O3S/c1-2-19-9-5-7(3-4-8(9)20-12(14)15)6-10-11(18)17-13(16)21-10/h3-6,12H,2H2,1H3,(H2,16,17,18)/b10-6-. The molecule has 2 rings (SSSR count). The average molecular weight is 314 g/mol. The van der Waals surface area contributed by atoms with Gasteiger partial charge in [0.15, 0.2) is 16.7 Å². The molecule has 1 heterocycles. The number of alkyl halides is 2. The highest BCUT2D eigenvalue weighted by atomic mass is 32.2. The minimum absolute atomic E-state index is 0.0600. The summed E-state index contributed by atoms with van der Waals surface area (Å²) in [4.78, 5) is 15.4. The third kappa shape index (κ3) is 3.94. The first-order chi connectivity index (χ1) is 9.99. The first kappa shape index (κ1) is 15.3. The normalized spacial score (nSPS) is 16.5. The van der Waals surface area contributed by atoms with Crippen LogP contribution < -0.4 is 15.2 Å². The highest BCUT2D eigenvalue weighted by molar-refractivity contribution is 8.18. The van der Waals surface area contributed by atoms with E-state index in [9.17, 15) is 13.6 Å². The molecule has 0 atom stereocenters. The number of rotatable bonds is 5. The molecule has 2 N–H and O–H groups in total. The summed E-state index contributed by atoms with van der Waals surface area (Å²) in [6.45, 7) is -0.917. The van der Waals surface area contributed by atoms with Gasteiger partial charge in [-0.15, -0.1) is 0 Å².